The number of benzene rings is 7. The van der Waals surface area contributed by atoms with Crippen LogP contribution in [0.5, 0.6) is 0 Å². The minimum atomic E-state index is 0.108. The van der Waals surface area contributed by atoms with Crippen LogP contribution in [0.4, 0.5) is 17.1 Å². The Morgan fingerprint density at radius 1 is 0.407 bits per heavy atom. The molecule has 0 saturated heterocycles. The van der Waals surface area contributed by atoms with Crippen LogP contribution in [0.3, 0.4) is 0 Å². The van der Waals surface area contributed by atoms with Gasteiger partial charge in [0.15, 0.2) is 0 Å². The quantitative estimate of drug-likeness (QED) is 0.169. The van der Waals surface area contributed by atoms with Gasteiger partial charge in [-0.2, -0.15) is 0 Å². The highest BCUT2D eigenvalue weighted by molar-refractivity contribution is 5.92. The summed E-state index contributed by atoms with van der Waals surface area (Å²) in [6, 6.07) is 58.6. The molecular weight excluding hydrogens is 711 g/mol. The maximum atomic E-state index is 2.66. The Kier molecular flexibility index (Phi) is 7.71. The van der Waals surface area contributed by atoms with E-state index in [4.69, 9.17) is 0 Å². The zero-order valence-electron chi connectivity index (χ0n) is 35.1. The van der Waals surface area contributed by atoms with Crippen LogP contribution in [-0.2, 0) is 16.2 Å². The smallest absolute Gasteiger partial charge is 0.0540 e. The van der Waals surface area contributed by atoms with Crippen molar-refractivity contribution in [3.63, 3.8) is 0 Å². The molecule has 7 aromatic rings. The fraction of sp³-hybridized carbons (Fsp3) is 0.310. The van der Waals surface area contributed by atoms with Crippen molar-refractivity contribution in [3.8, 4) is 33.4 Å². The summed E-state index contributed by atoms with van der Waals surface area (Å²) >= 11 is 0. The third-order valence-corrected chi connectivity index (χ3v) is 16.3. The van der Waals surface area contributed by atoms with Crippen molar-refractivity contribution in [2.24, 2.45) is 23.7 Å². The van der Waals surface area contributed by atoms with Gasteiger partial charge in [-0.1, -0.05) is 143 Å². The topological polar surface area (TPSA) is 3.24 Å². The lowest BCUT2D eigenvalue weighted by molar-refractivity contribution is -0.0399. The SMILES string of the molecule is CC1(C)CCC(C)(C)c2cc(-c3ccccc3N(c3ccc(-c4ccc5ccccc5c4)cc3)c3ccc4c(c3)C3(c5ccccc5-4)C4CC5CC(C4)CC3C5)ccc21. The van der Waals surface area contributed by atoms with Gasteiger partial charge < -0.3 is 4.90 Å². The van der Waals surface area contributed by atoms with Crippen molar-refractivity contribution in [3.05, 3.63) is 174 Å². The number of nitrogens with zero attached hydrogens (tertiary/aromatic N) is 1. The van der Waals surface area contributed by atoms with E-state index >= 15 is 0 Å². The van der Waals surface area contributed by atoms with E-state index in [-0.39, 0.29) is 16.2 Å². The van der Waals surface area contributed by atoms with Crippen molar-refractivity contribution in [2.75, 3.05) is 4.90 Å². The Balaban J connectivity index is 1.04. The van der Waals surface area contributed by atoms with Gasteiger partial charge in [-0.15, -0.1) is 0 Å². The second-order valence-electron chi connectivity index (χ2n) is 20.4. The summed E-state index contributed by atoms with van der Waals surface area (Å²) in [5.74, 6) is 3.28. The number of fused-ring (bicyclic) bond motifs is 5. The van der Waals surface area contributed by atoms with E-state index in [0.717, 1.165) is 23.7 Å². The molecule has 13 rings (SSSR count). The summed E-state index contributed by atoms with van der Waals surface area (Å²) in [5.41, 5.74) is 18.3. The van der Waals surface area contributed by atoms with Crippen molar-refractivity contribution in [2.45, 2.75) is 88.9 Å². The second kappa shape index (κ2) is 12.8. The summed E-state index contributed by atoms with van der Waals surface area (Å²) < 4.78 is 0. The summed E-state index contributed by atoms with van der Waals surface area (Å²) in [6.07, 6.45) is 9.45. The van der Waals surface area contributed by atoms with E-state index < -0.39 is 0 Å². The van der Waals surface area contributed by atoms with Gasteiger partial charge >= 0.3 is 0 Å². The maximum absolute atomic E-state index is 2.66. The lowest BCUT2D eigenvalue weighted by Crippen LogP contribution is -2.55. The molecule has 0 amide bonds. The molecule has 4 bridgehead atoms. The highest BCUT2D eigenvalue weighted by Gasteiger charge is 2.61. The lowest BCUT2D eigenvalue weighted by Gasteiger charge is -2.61. The van der Waals surface area contributed by atoms with Gasteiger partial charge in [-0.25, -0.2) is 0 Å². The van der Waals surface area contributed by atoms with Crippen molar-refractivity contribution < 1.29 is 0 Å². The molecule has 1 spiro atoms. The van der Waals surface area contributed by atoms with Gasteiger partial charge in [0, 0.05) is 22.4 Å². The van der Waals surface area contributed by atoms with Crippen molar-refractivity contribution in [1.29, 1.82) is 0 Å². The van der Waals surface area contributed by atoms with E-state index in [9.17, 15) is 0 Å². The Bertz CT molecular complexity index is 2770. The molecule has 0 unspecified atom stereocenters. The van der Waals surface area contributed by atoms with Crippen LogP contribution < -0.4 is 4.90 Å². The minimum Gasteiger partial charge on any atom is -0.310 e. The largest absolute Gasteiger partial charge is 0.310 e. The summed E-state index contributed by atoms with van der Waals surface area (Å²) in [5, 5.41) is 2.56. The van der Waals surface area contributed by atoms with Gasteiger partial charge in [0.2, 0.25) is 0 Å². The third-order valence-electron chi connectivity index (χ3n) is 16.3. The molecule has 0 radical (unpaired) electrons. The second-order valence-corrected chi connectivity index (χ2v) is 20.4. The lowest BCUT2D eigenvalue weighted by atomic mass is 9.43. The van der Waals surface area contributed by atoms with Crippen LogP contribution in [0.25, 0.3) is 44.2 Å². The molecule has 7 aromatic carbocycles. The van der Waals surface area contributed by atoms with E-state index in [0.29, 0.717) is 0 Å². The molecule has 292 valence electrons. The van der Waals surface area contributed by atoms with E-state index in [1.54, 1.807) is 11.1 Å². The van der Waals surface area contributed by atoms with E-state index in [1.807, 2.05) is 0 Å². The average molecular weight is 766 g/mol. The molecule has 4 saturated carbocycles. The molecule has 0 aromatic heterocycles. The van der Waals surface area contributed by atoms with Crippen molar-refractivity contribution in [1.82, 2.24) is 0 Å². The fourth-order valence-electron chi connectivity index (χ4n) is 13.5. The molecule has 0 aliphatic heterocycles. The molecule has 1 nitrogen and oxygen atoms in total. The number of rotatable bonds is 5. The number of hydrogen-bond donors (Lipinski definition) is 0. The Hall–Kier alpha value is -5.40. The average Bonchev–Trinajstić information content (AvgIpc) is 3.54. The molecule has 6 aliphatic carbocycles. The van der Waals surface area contributed by atoms with Gasteiger partial charge in [0.25, 0.3) is 0 Å². The van der Waals surface area contributed by atoms with Crippen LogP contribution >= 0.6 is 0 Å². The number of hydrogen-bond acceptors (Lipinski definition) is 1. The molecule has 4 fully saturated rings. The summed E-state index contributed by atoms with van der Waals surface area (Å²) in [7, 11) is 0. The van der Waals surface area contributed by atoms with Gasteiger partial charge in [0.1, 0.15) is 0 Å². The standard InChI is InChI=1S/C58H55N/c1-56(2)27-28-57(3,4)54-35-43(21-26-52(54)56)48-13-8-10-16-55(48)59(46-22-19-40(20-23-46)42-18-17-39-11-5-6-12-41(39)34-42)47-24-25-50-49-14-7-9-15-51(49)58(53(50)36-47)44-30-37-29-38(32-44)33-45(58)31-37/h5-26,34-38,44-45H,27-33H2,1-4H3. The van der Waals surface area contributed by atoms with Crippen LogP contribution in [0.2, 0.25) is 0 Å². The minimum absolute atomic E-state index is 0.108. The predicted molar refractivity (Wildman–Crippen MR) is 248 cm³/mol. The Labute approximate surface area is 351 Å². The first-order chi connectivity index (χ1) is 28.7. The Morgan fingerprint density at radius 2 is 1.00 bits per heavy atom. The molecule has 1 heteroatoms. The number of para-hydroxylation sites is 1. The maximum Gasteiger partial charge on any atom is 0.0540 e. The zero-order valence-corrected chi connectivity index (χ0v) is 35.1. The first-order valence-electron chi connectivity index (χ1n) is 22.6. The fourth-order valence-corrected chi connectivity index (χ4v) is 13.5. The molecule has 0 heterocycles. The van der Waals surface area contributed by atoms with Crippen molar-refractivity contribution >= 4 is 27.8 Å². The van der Waals surface area contributed by atoms with Crippen LogP contribution in [0.1, 0.15) is 94.9 Å². The van der Waals surface area contributed by atoms with Crippen LogP contribution in [0.15, 0.2) is 152 Å². The Morgan fingerprint density at radius 3 is 1.76 bits per heavy atom. The summed E-state index contributed by atoms with van der Waals surface area (Å²) in [4.78, 5) is 2.58. The van der Waals surface area contributed by atoms with Gasteiger partial charge in [-0.05, 0) is 177 Å². The van der Waals surface area contributed by atoms with Crippen LogP contribution in [-0.4, -0.2) is 0 Å². The third kappa shape index (κ3) is 5.29. The van der Waals surface area contributed by atoms with E-state index in [1.165, 1.54) is 117 Å². The first-order valence-corrected chi connectivity index (χ1v) is 22.6. The predicted octanol–water partition coefficient (Wildman–Crippen LogP) is 15.7. The van der Waals surface area contributed by atoms with Gasteiger partial charge in [0.05, 0.1) is 5.69 Å². The van der Waals surface area contributed by atoms with Gasteiger partial charge in [-0.3, -0.25) is 0 Å². The highest BCUT2D eigenvalue weighted by Crippen LogP contribution is 2.69. The highest BCUT2D eigenvalue weighted by atomic mass is 15.1. The number of anilines is 3. The molecule has 59 heavy (non-hydrogen) atoms. The van der Waals surface area contributed by atoms with E-state index in [2.05, 4.69) is 184 Å². The molecule has 6 aliphatic rings. The monoisotopic (exact) mass is 765 g/mol. The first kappa shape index (κ1) is 35.5. The molecule has 0 atom stereocenters. The zero-order chi connectivity index (χ0) is 39.7. The van der Waals surface area contributed by atoms with Crippen LogP contribution in [0, 0.1) is 23.7 Å². The summed E-state index contributed by atoms with van der Waals surface area (Å²) in [6.45, 7) is 9.76. The normalized spacial score (nSPS) is 25.2. The molecular formula is C58H55N. The molecule has 0 N–H and O–H groups in total.